The van der Waals surface area contributed by atoms with Crippen LogP contribution in [0.1, 0.15) is 19.0 Å². The number of fused-ring (bicyclic) bond motifs is 1. The Morgan fingerprint density at radius 2 is 2.17 bits per heavy atom. The number of halogens is 1. The monoisotopic (exact) mass is 306 g/mol. The predicted molar refractivity (Wildman–Crippen MR) is 78.1 cm³/mol. The Labute approximate surface area is 115 Å². The summed E-state index contributed by atoms with van der Waals surface area (Å²) in [4.78, 5) is 16.2. The Morgan fingerprint density at radius 1 is 1.44 bits per heavy atom. The first kappa shape index (κ1) is 13.0. The number of amides is 1. The minimum absolute atomic E-state index is 0.0201. The third-order valence-corrected chi connectivity index (χ3v) is 3.81. The Hall–Kier alpha value is -1.42. The van der Waals surface area contributed by atoms with E-state index >= 15 is 0 Å². The standard InChI is InChI=1S/C14H15BrN2O/c1-3-11(15)14(18)17-13-8-9(2)16-12-7-5-4-6-10(12)13/h4-8,11H,3H2,1-2H3,(H,16,17,18). The molecule has 0 spiro atoms. The molecule has 0 aliphatic rings. The Kier molecular flexibility index (Phi) is 3.97. The summed E-state index contributed by atoms with van der Waals surface area (Å²) in [5, 5.41) is 3.92. The molecule has 0 radical (unpaired) electrons. The van der Waals surface area contributed by atoms with E-state index in [-0.39, 0.29) is 10.7 Å². The third kappa shape index (κ3) is 2.70. The number of nitrogens with zero attached hydrogens (tertiary/aromatic N) is 1. The molecule has 2 aromatic rings. The second-order valence-electron chi connectivity index (χ2n) is 4.19. The minimum atomic E-state index is -0.162. The number of pyridine rings is 1. The van der Waals surface area contributed by atoms with Crippen molar-refractivity contribution in [3.63, 3.8) is 0 Å². The van der Waals surface area contributed by atoms with E-state index in [1.54, 1.807) is 0 Å². The van der Waals surface area contributed by atoms with Crippen LogP contribution in [0.15, 0.2) is 30.3 Å². The number of carbonyl (C=O) groups is 1. The zero-order valence-electron chi connectivity index (χ0n) is 10.4. The molecule has 0 bridgehead atoms. The Morgan fingerprint density at radius 3 is 2.89 bits per heavy atom. The number of para-hydroxylation sites is 1. The van der Waals surface area contributed by atoms with Gasteiger partial charge in [0.05, 0.1) is 16.0 Å². The van der Waals surface area contributed by atoms with Crippen molar-refractivity contribution in [1.29, 1.82) is 0 Å². The van der Waals surface area contributed by atoms with Gasteiger partial charge in [-0.2, -0.15) is 0 Å². The highest BCUT2D eigenvalue weighted by molar-refractivity contribution is 9.10. The zero-order valence-corrected chi connectivity index (χ0v) is 12.0. The molecular weight excluding hydrogens is 292 g/mol. The number of aromatic nitrogens is 1. The van der Waals surface area contributed by atoms with E-state index in [0.29, 0.717) is 0 Å². The second-order valence-corrected chi connectivity index (χ2v) is 5.30. The average Bonchev–Trinajstić information content (AvgIpc) is 2.37. The van der Waals surface area contributed by atoms with Gasteiger partial charge in [0.2, 0.25) is 5.91 Å². The van der Waals surface area contributed by atoms with Crippen LogP contribution < -0.4 is 5.32 Å². The van der Waals surface area contributed by atoms with E-state index in [1.807, 2.05) is 44.2 Å². The number of anilines is 1. The third-order valence-electron chi connectivity index (χ3n) is 2.75. The first-order chi connectivity index (χ1) is 8.61. The van der Waals surface area contributed by atoms with Gasteiger partial charge < -0.3 is 5.32 Å². The molecule has 0 saturated heterocycles. The van der Waals surface area contributed by atoms with Crippen molar-refractivity contribution in [2.75, 3.05) is 5.32 Å². The van der Waals surface area contributed by atoms with Crippen LogP contribution in [0.4, 0.5) is 5.69 Å². The number of aryl methyl sites for hydroxylation is 1. The van der Waals surface area contributed by atoms with Crippen molar-refractivity contribution in [3.05, 3.63) is 36.0 Å². The van der Waals surface area contributed by atoms with Gasteiger partial charge in [-0.25, -0.2) is 0 Å². The van der Waals surface area contributed by atoms with Crippen molar-refractivity contribution in [3.8, 4) is 0 Å². The zero-order chi connectivity index (χ0) is 13.1. The normalized spacial score (nSPS) is 12.4. The molecule has 94 valence electrons. The molecule has 4 heteroatoms. The number of nitrogens with one attached hydrogen (secondary N) is 1. The molecule has 0 fully saturated rings. The van der Waals surface area contributed by atoms with Gasteiger partial charge in [0, 0.05) is 11.1 Å². The van der Waals surface area contributed by atoms with Crippen LogP contribution in [-0.4, -0.2) is 15.7 Å². The lowest BCUT2D eigenvalue weighted by Crippen LogP contribution is -2.22. The lowest BCUT2D eigenvalue weighted by Gasteiger charge is -2.11. The van der Waals surface area contributed by atoms with E-state index < -0.39 is 0 Å². The lowest BCUT2D eigenvalue weighted by molar-refractivity contribution is -0.115. The maximum Gasteiger partial charge on any atom is 0.238 e. The van der Waals surface area contributed by atoms with Gasteiger partial charge in [0.15, 0.2) is 0 Å². The number of rotatable bonds is 3. The Bertz CT molecular complexity index is 583. The van der Waals surface area contributed by atoms with Crippen molar-refractivity contribution in [2.45, 2.75) is 25.1 Å². The molecule has 1 heterocycles. The van der Waals surface area contributed by atoms with Crippen LogP contribution in [0, 0.1) is 6.92 Å². The molecule has 1 unspecified atom stereocenters. The topological polar surface area (TPSA) is 42.0 Å². The SMILES string of the molecule is CCC(Br)C(=O)Nc1cc(C)nc2ccccc12. The van der Waals surface area contributed by atoms with Crippen molar-refractivity contribution in [1.82, 2.24) is 4.98 Å². The maximum atomic E-state index is 11.9. The van der Waals surface area contributed by atoms with E-state index in [0.717, 1.165) is 28.7 Å². The summed E-state index contributed by atoms with van der Waals surface area (Å²) in [6.45, 7) is 3.89. The first-order valence-electron chi connectivity index (χ1n) is 5.93. The second kappa shape index (κ2) is 5.48. The molecule has 0 aliphatic heterocycles. The fourth-order valence-electron chi connectivity index (χ4n) is 1.81. The lowest BCUT2D eigenvalue weighted by atomic mass is 10.1. The maximum absolute atomic E-state index is 11.9. The molecule has 0 saturated carbocycles. The van der Waals surface area contributed by atoms with Crippen molar-refractivity contribution >= 4 is 38.4 Å². The number of alkyl halides is 1. The summed E-state index contributed by atoms with van der Waals surface area (Å²) in [5.41, 5.74) is 2.61. The van der Waals surface area contributed by atoms with Gasteiger partial charge in [0.1, 0.15) is 0 Å². The first-order valence-corrected chi connectivity index (χ1v) is 6.84. The number of carbonyl (C=O) groups excluding carboxylic acids is 1. The van der Waals surface area contributed by atoms with E-state index in [2.05, 4.69) is 26.2 Å². The summed E-state index contributed by atoms with van der Waals surface area (Å²) >= 11 is 3.35. The van der Waals surface area contributed by atoms with Gasteiger partial charge in [-0.15, -0.1) is 0 Å². The highest BCUT2D eigenvalue weighted by atomic mass is 79.9. The van der Waals surface area contributed by atoms with Crippen LogP contribution in [0.5, 0.6) is 0 Å². The summed E-state index contributed by atoms with van der Waals surface area (Å²) in [6, 6.07) is 9.70. The summed E-state index contributed by atoms with van der Waals surface area (Å²) in [6.07, 6.45) is 0.758. The fraction of sp³-hybridized carbons (Fsp3) is 0.286. The molecule has 0 aliphatic carbocycles. The number of benzene rings is 1. The summed E-state index contributed by atoms with van der Waals surface area (Å²) in [7, 11) is 0. The van der Waals surface area contributed by atoms with Gasteiger partial charge in [0.25, 0.3) is 0 Å². The molecule has 1 aromatic heterocycles. The smallest absolute Gasteiger partial charge is 0.238 e. The minimum Gasteiger partial charge on any atom is -0.324 e. The van der Waals surface area contributed by atoms with Crippen LogP contribution in [0.3, 0.4) is 0 Å². The van der Waals surface area contributed by atoms with Gasteiger partial charge in [-0.05, 0) is 25.5 Å². The van der Waals surface area contributed by atoms with Crippen LogP contribution in [-0.2, 0) is 4.79 Å². The molecule has 1 amide bonds. The molecule has 1 aromatic carbocycles. The summed E-state index contributed by atoms with van der Waals surface area (Å²) < 4.78 is 0. The molecule has 2 rings (SSSR count). The van der Waals surface area contributed by atoms with Gasteiger partial charge in [-0.3, -0.25) is 9.78 Å². The largest absolute Gasteiger partial charge is 0.324 e. The Balaban J connectivity index is 2.41. The average molecular weight is 307 g/mol. The van der Waals surface area contributed by atoms with Crippen molar-refractivity contribution < 1.29 is 4.79 Å². The molecular formula is C14H15BrN2O. The van der Waals surface area contributed by atoms with Crippen LogP contribution in [0.2, 0.25) is 0 Å². The van der Waals surface area contributed by atoms with E-state index in [9.17, 15) is 4.79 Å². The van der Waals surface area contributed by atoms with E-state index in [4.69, 9.17) is 0 Å². The fourth-order valence-corrected chi connectivity index (χ4v) is 1.92. The molecule has 1 atom stereocenters. The van der Waals surface area contributed by atoms with Gasteiger partial charge >= 0.3 is 0 Å². The molecule has 1 N–H and O–H groups in total. The van der Waals surface area contributed by atoms with Gasteiger partial charge in [-0.1, -0.05) is 41.1 Å². The quantitative estimate of drug-likeness (QED) is 0.879. The highest BCUT2D eigenvalue weighted by Gasteiger charge is 2.14. The molecule has 3 nitrogen and oxygen atoms in total. The predicted octanol–water partition coefficient (Wildman–Crippen LogP) is 3.66. The number of hydrogen-bond donors (Lipinski definition) is 1. The van der Waals surface area contributed by atoms with Crippen molar-refractivity contribution in [2.24, 2.45) is 0 Å². The van der Waals surface area contributed by atoms with E-state index in [1.165, 1.54) is 0 Å². The number of hydrogen-bond acceptors (Lipinski definition) is 2. The molecule has 18 heavy (non-hydrogen) atoms. The van der Waals surface area contributed by atoms with Crippen LogP contribution >= 0.6 is 15.9 Å². The van der Waals surface area contributed by atoms with Crippen LogP contribution in [0.25, 0.3) is 10.9 Å². The highest BCUT2D eigenvalue weighted by Crippen LogP contribution is 2.23. The summed E-state index contributed by atoms with van der Waals surface area (Å²) in [5.74, 6) is -0.0201.